The Morgan fingerprint density at radius 2 is 2.45 bits per heavy atom. The van der Waals surface area contributed by atoms with Gasteiger partial charge in [0, 0.05) is 31.4 Å². The Hall–Kier alpha value is -1.40. The van der Waals surface area contributed by atoms with Gasteiger partial charge >= 0.3 is 0 Å². The van der Waals surface area contributed by atoms with Crippen molar-refractivity contribution in [2.24, 2.45) is 0 Å². The van der Waals surface area contributed by atoms with Crippen molar-refractivity contribution in [1.29, 1.82) is 0 Å². The number of nitrogens with zero attached hydrogens (tertiary/aromatic N) is 3. The first-order chi connectivity index (χ1) is 9.67. The molecule has 0 unspecified atom stereocenters. The van der Waals surface area contributed by atoms with Crippen LogP contribution in [0, 0.1) is 0 Å². The zero-order valence-electron chi connectivity index (χ0n) is 12.1. The number of carbonyl (C=O) groups excluding carboxylic acids is 1. The van der Waals surface area contributed by atoms with Crippen molar-refractivity contribution in [2.45, 2.75) is 45.4 Å². The number of aryl methyl sites for hydroxylation is 1. The molecular formula is C14H24N4O2. The van der Waals surface area contributed by atoms with Crippen LogP contribution in [0.2, 0.25) is 0 Å². The molecule has 6 nitrogen and oxygen atoms in total. The van der Waals surface area contributed by atoms with Gasteiger partial charge in [0.2, 0.25) is 5.91 Å². The highest BCUT2D eigenvalue weighted by atomic mass is 16.3. The van der Waals surface area contributed by atoms with E-state index < -0.39 is 0 Å². The Bertz CT molecular complexity index is 433. The first-order valence-electron chi connectivity index (χ1n) is 7.36. The summed E-state index contributed by atoms with van der Waals surface area (Å²) in [5.74, 6) is 0.00217. The topological polar surface area (TPSA) is 70.4 Å². The summed E-state index contributed by atoms with van der Waals surface area (Å²) in [4.78, 5) is 13.9. The highest BCUT2D eigenvalue weighted by molar-refractivity contribution is 5.78. The molecule has 0 aliphatic carbocycles. The van der Waals surface area contributed by atoms with Crippen LogP contribution in [-0.2, 0) is 17.9 Å². The molecule has 1 fully saturated rings. The lowest BCUT2D eigenvalue weighted by molar-refractivity contribution is -0.123. The van der Waals surface area contributed by atoms with Gasteiger partial charge in [0.1, 0.15) is 0 Å². The molecule has 2 heterocycles. The number of rotatable bonds is 6. The number of carbonyl (C=O) groups is 1. The standard InChI is InChI=1S/C14H24N4O2/c1-2-5-18-9-12(8-16-18)7-15-14(20)11-17-6-3-4-13(19)10-17/h8-9,13,19H,2-7,10-11H2,1H3,(H,15,20)/t13-/m0/s1. The first kappa shape index (κ1) is 15.0. The molecule has 20 heavy (non-hydrogen) atoms. The molecule has 1 aliphatic heterocycles. The first-order valence-corrected chi connectivity index (χ1v) is 7.36. The van der Waals surface area contributed by atoms with Crippen molar-refractivity contribution in [3.05, 3.63) is 18.0 Å². The molecule has 2 rings (SSSR count). The number of likely N-dealkylation sites (tertiary alicyclic amines) is 1. The lowest BCUT2D eigenvalue weighted by Crippen LogP contribution is -2.44. The average Bonchev–Trinajstić information content (AvgIpc) is 2.85. The fraction of sp³-hybridized carbons (Fsp3) is 0.714. The maximum atomic E-state index is 11.9. The molecule has 0 bridgehead atoms. The van der Waals surface area contributed by atoms with Crippen LogP contribution < -0.4 is 5.32 Å². The molecule has 0 aromatic carbocycles. The molecule has 1 aromatic heterocycles. The number of hydrogen-bond donors (Lipinski definition) is 2. The van der Waals surface area contributed by atoms with E-state index in [1.54, 1.807) is 6.20 Å². The van der Waals surface area contributed by atoms with Crippen LogP contribution in [0.5, 0.6) is 0 Å². The van der Waals surface area contributed by atoms with E-state index in [0.717, 1.165) is 37.9 Å². The molecular weight excluding hydrogens is 256 g/mol. The summed E-state index contributed by atoms with van der Waals surface area (Å²) in [5, 5.41) is 16.7. The van der Waals surface area contributed by atoms with Crippen LogP contribution in [-0.4, -0.2) is 51.4 Å². The fourth-order valence-corrected chi connectivity index (χ4v) is 2.48. The van der Waals surface area contributed by atoms with Crippen LogP contribution >= 0.6 is 0 Å². The van der Waals surface area contributed by atoms with Crippen LogP contribution in [0.1, 0.15) is 31.7 Å². The summed E-state index contributed by atoms with van der Waals surface area (Å²) >= 11 is 0. The van der Waals surface area contributed by atoms with E-state index in [1.807, 2.05) is 15.8 Å². The number of nitrogens with one attached hydrogen (secondary N) is 1. The molecule has 0 spiro atoms. The number of amides is 1. The maximum Gasteiger partial charge on any atom is 0.234 e. The van der Waals surface area contributed by atoms with E-state index in [4.69, 9.17) is 0 Å². The van der Waals surface area contributed by atoms with Gasteiger partial charge in [-0.3, -0.25) is 14.4 Å². The van der Waals surface area contributed by atoms with Gasteiger partial charge in [-0.2, -0.15) is 5.10 Å². The van der Waals surface area contributed by atoms with E-state index in [2.05, 4.69) is 17.3 Å². The van der Waals surface area contributed by atoms with E-state index >= 15 is 0 Å². The number of hydrogen-bond acceptors (Lipinski definition) is 4. The van der Waals surface area contributed by atoms with Crippen LogP contribution in [0.4, 0.5) is 0 Å². The average molecular weight is 280 g/mol. The smallest absolute Gasteiger partial charge is 0.234 e. The number of aliphatic hydroxyl groups excluding tert-OH is 1. The quantitative estimate of drug-likeness (QED) is 0.789. The van der Waals surface area contributed by atoms with Gasteiger partial charge in [0.25, 0.3) is 0 Å². The third-order valence-electron chi connectivity index (χ3n) is 3.48. The van der Waals surface area contributed by atoms with Gasteiger partial charge in [-0.05, 0) is 25.8 Å². The van der Waals surface area contributed by atoms with E-state index in [1.165, 1.54) is 0 Å². The molecule has 1 saturated heterocycles. The van der Waals surface area contributed by atoms with Crippen molar-refractivity contribution >= 4 is 5.91 Å². The minimum atomic E-state index is -0.288. The predicted molar refractivity (Wildman–Crippen MR) is 76.0 cm³/mol. The van der Waals surface area contributed by atoms with Crippen molar-refractivity contribution in [2.75, 3.05) is 19.6 Å². The molecule has 1 aromatic rings. The second-order valence-electron chi connectivity index (χ2n) is 5.42. The van der Waals surface area contributed by atoms with E-state index in [-0.39, 0.29) is 12.0 Å². The van der Waals surface area contributed by atoms with Crippen molar-refractivity contribution in [3.63, 3.8) is 0 Å². The number of aliphatic hydroxyl groups is 1. The van der Waals surface area contributed by atoms with E-state index in [9.17, 15) is 9.90 Å². The Labute approximate surface area is 119 Å². The lowest BCUT2D eigenvalue weighted by Gasteiger charge is -2.29. The Balaban J connectivity index is 1.71. The molecule has 6 heteroatoms. The molecule has 2 N–H and O–H groups in total. The number of aromatic nitrogens is 2. The SMILES string of the molecule is CCCn1cc(CNC(=O)CN2CCC[C@H](O)C2)cn1. The van der Waals surface area contributed by atoms with E-state index in [0.29, 0.717) is 19.6 Å². The van der Waals surface area contributed by atoms with Gasteiger partial charge < -0.3 is 10.4 Å². The minimum Gasteiger partial charge on any atom is -0.392 e. The lowest BCUT2D eigenvalue weighted by atomic mass is 10.1. The monoisotopic (exact) mass is 280 g/mol. The largest absolute Gasteiger partial charge is 0.392 e. The Morgan fingerprint density at radius 1 is 1.60 bits per heavy atom. The highest BCUT2D eigenvalue weighted by Gasteiger charge is 2.19. The van der Waals surface area contributed by atoms with Gasteiger partial charge in [-0.25, -0.2) is 0 Å². The van der Waals surface area contributed by atoms with Crippen LogP contribution in [0.25, 0.3) is 0 Å². The molecule has 1 atom stereocenters. The molecule has 1 amide bonds. The van der Waals surface area contributed by atoms with Gasteiger partial charge in [-0.1, -0.05) is 6.92 Å². The Morgan fingerprint density at radius 3 is 3.20 bits per heavy atom. The summed E-state index contributed by atoms with van der Waals surface area (Å²) < 4.78 is 1.89. The normalized spacial score (nSPS) is 20.0. The zero-order valence-corrected chi connectivity index (χ0v) is 12.1. The predicted octanol–water partition coefficient (Wildman–Crippen LogP) is 0.366. The summed E-state index contributed by atoms with van der Waals surface area (Å²) in [6.07, 6.45) is 6.32. The molecule has 112 valence electrons. The van der Waals surface area contributed by atoms with Gasteiger partial charge in [-0.15, -0.1) is 0 Å². The van der Waals surface area contributed by atoms with Crippen LogP contribution in [0.3, 0.4) is 0 Å². The van der Waals surface area contributed by atoms with Crippen molar-refractivity contribution < 1.29 is 9.90 Å². The second kappa shape index (κ2) is 7.40. The van der Waals surface area contributed by atoms with Crippen molar-refractivity contribution in [3.8, 4) is 0 Å². The fourth-order valence-electron chi connectivity index (χ4n) is 2.48. The summed E-state index contributed by atoms with van der Waals surface area (Å²) in [7, 11) is 0. The second-order valence-corrected chi connectivity index (χ2v) is 5.42. The summed E-state index contributed by atoms with van der Waals surface area (Å²) in [5.41, 5.74) is 1.02. The molecule has 0 saturated carbocycles. The zero-order chi connectivity index (χ0) is 14.4. The third-order valence-corrected chi connectivity index (χ3v) is 3.48. The summed E-state index contributed by atoms with van der Waals surface area (Å²) in [6, 6.07) is 0. The van der Waals surface area contributed by atoms with Crippen LogP contribution in [0.15, 0.2) is 12.4 Å². The van der Waals surface area contributed by atoms with Crippen molar-refractivity contribution in [1.82, 2.24) is 20.0 Å². The summed E-state index contributed by atoms with van der Waals surface area (Å²) in [6.45, 7) is 5.37. The number of piperidine rings is 1. The van der Waals surface area contributed by atoms with Gasteiger partial charge in [0.05, 0.1) is 18.8 Å². The number of β-amino-alcohol motifs (C(OH)–C–C–N with tert-alkyl or cyclic N) is 1. The van der Waals surface area contributed by atoms with Gasteiger partial charge in [0.15, 0.2) is 0 Å². The minimum absolute atomic E-state index is 0.00217. The third kappa shape index (κ3) is 4.61. The maximum absolute atomic E-state index is 11.9. The highest BCUT2D eigenvalue weighted by Crippen LogP contribution is 2.08. The Kier molecular flexibility index (Phi) is 5.55. The molecule has 0 radical (unpaired) electrons. The molecule has 1 aliphatic rings.